The summed E-state index contributed by atoms with van der Waals surface area (Å²) in [6, 6.07) is 15.4. The molecule has 5 atom stereocenters. The largest absolute Gasteiger partial charge is 0.508 e. The molecule has 0 spiro atoms. The number of piperidine rings is 2. The predicted molar refractivity (Wildman–Crippen MR) is 140 cm³/mol. The first kappa shape index (κ1) is 24.6. The summed E-state index contributed by atoms with van der Waals surface area (Å²) >= 11 is 0. The van der Waals surface area contributed by atoms with E-state index in [1.807, 2.05) is 26.2 Å². The van der Waals surface area contributed by atoms with Gasteiger partial charge in [0.25, 0.3) is 0 Å². The van der Waals surface area contributed by atoms with Crippen LogP contribution >= 0.6 is 0 Å². The van der Waals surface area contributed by atoms with Gasteiger partial charge in [0.1, 0.15) is 11.3 Å². The van der Waals surface area contributed by atoms with Crippen molar-refractivity contribution in [3.05, 3.63) is 59.7 Å². The van der Waals surface area contributed by atoms with Gasteiger partial charge in [-0.1, -0.05) is 38.1 Å². The van der Waals surface area contributed by atoms with Crippen molar-refractivity contribution >= 4 is 17.5 Å². The number of aromatic hydroxyl groups is 1. The zero-order valence-electron chi connectivity index (χ0n) is 21.7. The summed E-state index contributed by atoms with van der Waals surface area (Å²) in [6.45, 7) is 6.33. The molecule has 0 aromatic heterocycles. The van der Waals surface area contributed by atoms with Crippen LogP contribution in [-0.2, 0) is 22.7 Å². The van der Waals surface area contributed by atoms with Gasteiger partial charge in [-0.05, 0) is 60.1 Å². The lowest BCUT2D eigenvalue weighted by Gasteiger charge is -2.55. The Hall–Kier alpha value is -3.06. The molecule has 3 aliphatic heterocycles. The molecule has 3 saturated heterocycles. The van der Waals surface area contributed by atoms with Crippen molar-refractivity contribution in [2.24, 2.45) is 23.7 Å². The SMILES string of the molecule is CC(C)CC1C2CC3CN(Cc4ccc(N(C)C)cc4)C1C3(C(=O)NCc1ccc(O)cc1)NC2=O. The number of phenolic OH excluding ortho intramolecular Hbond substituents is 1. The van der Waals surface area contributed by atoms with Crippen molar-refractivity contribution in [1.82, 2.24) is 15.5 Å². The van der Waals surface area contributed by atoms with Crippen LogP contribution < -0.4 is 15.5 Å². The first-order valence-corrected chi connectivity index (χ1v) is 13.1. The Morgan fingerprint density at radius 3 is 2.44 bits per heavy atom. The summed E-state index contributed by atoms with van der Waals surface area (Å²) in [7, 11) is 4.07. The average Bonchev–Trinajstić information content (AvgIpc) is 3.06. The molecule has 4 fully saturated rings. The lowest BCUT2D eigenvalue weighted by atomic mass is 9.57. The fourth-order valence-electron chi connectivity index (χ4n) is 6.87. The molecule has 4 bridgehead atoms. The Labute approximate surface area is 213 Å². The minimum atomic E-state index is -0.911. The van der Waals surface area contributed by atoms with Crippen molar-refractivity contribution in [3.8, 4) is 5.75 Å². The molecule has 2 amide bonds. The van der Waals surface area contributed by atoms with Crippen molar-refractivity contribution in [2.75, 3.05) is 25.5 Å². The van der Waals surface area contributed by atoms with Gasteiger partial charge in [0, 0.05) is 57.3 Å². The van der Waals surface area contributed by atoms with Crippen LogP contribution in [-0.4, -0.2) is 54.0 Å². The number of phenols is 1. The molecule has 4 aliphatic rings. The van der Waals surface area contributed by atoms with E-state index < -0.39 is 5.54 Å². The first-order chi connectivity index (χ1) is 17.2. The number of fused-ring (bicyclic) bond motifs is 1. The standard InChI is InChI=1S/C29H38N4O3/c1-18(2)13-24-25-14-21-17-33(16-20-5-9-22(10-6-20)32(3)4)26(24)29(21,31-27(25)35)28(36)30-15-19-7-11-23(34)12-8-19/h5-12,18,21,24-26,34H,13-17H2,1-4H3,(H,30,36)(H,31,35). The molecule has 3 heterocycles. The maximum absolute atomic E-state index is 14.0. The molecule has 36 heavy (non-hydrogen) atoms. The zero-order chi connectivity index (χ0) is 25.6. The van der Waals surface area contributed by atoms with Crippen LogP contribution in [0, 0.1) is 23.7 Å². The number of amides is 2. The van der Waals surface area contributed by atoms with Crippen LogP contribution in [0.1, 0.15) is 37.8 Å². The number of hydrogen-bond acceptors (Lipinski definition) is 5. The second-order valence-electron chi connectivity index (χ2n) is 11.5. The van der Waals surface area contributed by atoms with Crippen molar-refractivity contribution in [1.29, 1.82) is 0 Å². The van der Waals surface area contributed by atoms with E-state index in [-0.39, 0.29) is 41.4 Å². The second-order valence-corrected chi connectivity index (χ2v) is 11.5. The van der Waals surface area contributed by atoms with E-state index in [1.54, 1.807) is 12.1 Å². The molecular weight excluding hydrogens is 452 g/mol. The van der Waals surface area contributed by atoms with E-state index in [9.17, 15) is 14.7 Å². The van der Waals surface area contributed by atoms with Gasteiger partial charge in [-0.2, -0.15) is 0 Å². The van der Waals surface area contributed by atoms with E-state index in [0.717, 1.165) is 37.2 Å². The molecule has 6 rings (SSSR count). The number of hydrogen-bond donors (Lipinski definition) is 3. The number of anilines is 1. The van der Waals surface area contributed by atoms with Crippen LogP contribution in [0.5, 0.6) is 5.75 Å². The van der Waals surface area contributed by atoms with Gasteiger partial charge in [-0.25, -0.2) is 0 Å². The third-order valence-corrected chi connectivity index (χ3v) is 8.43. The van der Waals surface area contributed by atoms with E-state index in [0.29, 0.717) is 12.5 Å². The smallest absolute Gasteiger partial charge is 0.248 e. The maximum atomic E-state index is 14.0. The number of nitrogens with zero attached hydrogens (tertiary/aromatic N) is 2. The normalized spacial score (nSPS) is 28.9. The van der Waals surface area contributed by atoms with Crippen LogP contribution in [0.15, 0.2) is 48.5 Å². The highest BCUT2D eigenvalue weighted by Gasteiger charge is 2.70. The van der Waals surface area contributed by atoms with Crippen LogP contribution in [0.3, 0.4) is 0 Å². The van der Waals surface area contributed by atoms with E-state index in [1.165, 1.54) is 5.56 Å². The van der Waals surface area contributed by atoms with Gasteiger partial charge in [0.05, 0.1) is 0 Å². The number of nitrogens with one attached hydrogen (secondary N) is 2. The number of benzene rings is 2. The van der Waals surface area contributed by atoms with Gasteiger partial charge in [0.2, 0.25) is 11.8 Å². The highest BCUT2D eigenvalue weighted by atomic mass is 16.3. The number of likely N-dealkylation sites (tertiary alicyclic amines) is 1. The summed E-state index contributed by atoms with van der Waals surface area (Å²) in [4.78, 5) is 31.7. The fourth-order valence-corrected chi connectivity index (χ4v) is 6.87. The van der Waals surface area contributed by atoms with Crippen molar-refractivity contribution in [3.63, 3.8) is 0 Å². The second kappa shape index (κ2) is 9.43. The van der Waals surface area contributed by atoms with Gasteiger partial charge >= 0.3 is 0 Å². The highest BCUT2D eigenvalue weighted by molar-refractivity contribution is 5.97. The number of carbonyl (C=O) groups is 2. The molecule has 2 aromatic carbocycles. The molecule has 7 heteroatoms. The summed E-state index contributed by atoms with van der Waals surface area (Å²) in [5, 5.41) is 16.0. The highest BCUT2D eigenvalue weighted by Crippen LogP contribution is 2.54. The molecule has 1 saturated carbocycles. The molecule has 192 valence electrons. The number of rotatable bonds is 8. The Kier molecular flexibility index (Phi) is 6.45. The van der Waals surface area contributed by atoms with Gasteiger partial charge < -0.3 is 20.6 Å². The zero-order valence-corrected chi connectivity index (χ0v) is 21.7. The average molecular weight is 491 g/mol. The van der Waals surface area contributed by atoms with Crippen molar-refractivity contribution < 1.29 is 14.7 Å². The lowest BCUT2D eigenvalue weighted by molar-refractivity contribution is -0.155. The Morgan fingerprint density at radius 1 is 1.14 bits per heavy atom. The topological polar surface area (TPSA) is 84.9 Å². The fraction of sp³-hybridized carbons (Fsp3) is 0.517. The van der Waals surface area contributed by atoms with E-state index >= 15 is 0 Å². The van der Waals surface area contributed by atoms with Gasteiger partial charge in [-0.15, -0.1) is 0 Å². The molecule has 3 N–H and O–H groups in total. The van der Waals surface area contributed by atoms with Gasteiger partial charge in [-0.3, -0.25) is 14.5 Å². The molecule has 7 nitrogen and oxygen atoms in total. The van der Waals surface area contributed by atoms with Crippen molar-refractivity contribution in [2.45, 2.75) is 51.4 Å². The monoisotopic (exact) mass is 490 g/mol. The molecule has 1 aliphatic carbocycles. The minimum absolute atomic E-state index is 0.0321. The van der Waals surface area contributed by atoms with Crippen LogP contribution in [0.4, 0.5) is 5.69 Å². The maximum Gasteiger partial charge on any atom is 0.248 e. The minimum Gasteiger partial charge on any atom is -0.508 e. The molecular formula is C29H38N4O3. The van der Waals surface area contributed by atoms with E-state index in [4.69, 9.17) is 0 Å². The Bertz CT molecular complexity index is 1110. The lowest BCUT2D eigenvalue weighted by Crippen LogP contribution is -2.77. The third kappa shape index (κ3) is 4.23. The van der Waals surface area contributed by atoms with Crippen LogP contribution in [0.25, 0.3) is 0 Å². The summed E-state index contributed by atoms with van der Waals surface area (Å²) in [6.07, 6.45) is 1.70. The molecule has 5 unspecified atom stereocenters. The first-order valence-electron chi connectivity index (χ1n) is 13.1. The third-order valence-electron chi connectivity index (χ3n) is 8.43. The van der Waals surface area contributed by atoms with E-state index in [2.05, 4.69) is 58.5 Å². The predicted octanol–water partition coefficient (Wildman–Crippen LogP) is 3.13. The van der Waals surface area contributed by atoms with Crippen LogP contribution in [0.2, 0.25) is 0 Å². The summed E-state index contributed by atoms with van der Waals surface area (Å²) in [5.41, 5.74) is 2.38. The quantitative estimate of drug-likeness (QED) is 0.530. The Morgan fingerprint density at radius 2 is 1.81 bits per heavy atom. The summed E-state index contributed by atoms with van der Waals surface area (Å²) in [5.74, 6) is 0.800. The molecule has 2 aromatic rings. The Balaban J connectivity index is 1.44. The summed E-state index contributed by atoms with van der Waals surface area (Å²) < 4.78 is 0. The molecule has 0 radical (unpaired) electrons. The van der Waals surface area contributed by atoms with Gasteiger partial charge in [0.15, 0.2) is 0 Å². The number of carbonyl (C=O) groups excluding carboxylic acids is 2.